The quantitative estimate of drug-likeness (QED) is 0.256. The van der Waals surface area contributed by atoms with Gasteiger partial charge in [0.05, 0.1) is 69.7 Å². The zero-order valence-electron chi connectivity index (χ0n) is 23.7. The summed E-state index contributed by atoms with van der Waals surface area (Å²) in [6.07, 6.45) is 5.60. The lowest BCUT2D eigenvalue weighted by Crippen LogP contribution is -3.00. The normalized spacial score (nSPS) is 20.9. The molecule has 2 aliphatic heterocycles. The third-order valence-electron chi connectivity index (χ3n) is 8.57. The summed E-state index contributed by atoms with van der Waals surface area (Å²) in [5.74, 6) is 3.33. The minimum absolute atomic E-state index is 0. The van der Waals surface area contributed by atoms with Gasteiger partial charge < -0.3 is 75.9 Å². The summed E-state index contributed by atoms with van der Waals surface area (Å²) in [5.41, 5.74) is 5.65. The van der Waals surface area contributed by atoms with Crippen LogP contribution in [0.5, 0.6) is 23.0 Å². The highest BCUT2D eigenvalue weighted by molar-refractivity contribution is 5.50. The molecular weight excluding hydrogens is 694 g/mol. The summed E-state index contributed by atoms with van der Waals surface area (Å²) in [4.78, 5) is 0. The third kappa shape index (κ3) is 6.44. The van der Waals surface area contributed by atoms with Gasteiger partial charge in [0.2, 0.25) is 0 Å². The van der Waals surface area contributed by atoms with Gasteiger partial charge in [-0.15, -0.1) is 0 Å². The van der Waals surface area contributed by atoms with Gasteiger partial charge in [0.15, 0.2) is 23.0 Å². The zero-order chi connectivity index (χ0) is 25.4. The number of nitrogens with zero attached hydrogens (tertiary/aromatic N) is 2. The fourth-order valence-electron chi connectivity index (χ4n) is 6.32. The zero-order valence-corrected chi connectivity index (χ0v) is 28.0. The average Bonchev–Trinajstić information content (AvgIpc) is 2.84. The summed E-state index contributed by atoms with van der Waals surface area (Å²) >= 11 is 0. The lowest BCUT2D eigenvalue weighted by Gasteiger charge is -2.45. The van der Waals surface area contributed by atoms with Gasteiger partial charge in [-0.2, -0.15) is 0 Å². The van der Waals surface area contributed by atoms with E-state index < -0.39 is 0 Å². The fraction of sp³-hybridized carbons (Fsp3) is 0.586. The van der Waals surface area contributed by atoms with E-state index in [1.807, 2.05) is 0 Å². The standard InChI is InChI=1S/C29H44N2O4.2HI/c1-30(2)14-12-20-16-26(32-5)28(34-7)18-22(20)24(30)10-9-11-25-23-19-29(35-8)27(33-6)17-21(23)13-15-31(25,3)4;;/h16-19,24-25H,9-15H2,1-8H3;2*1H/q+2;;/p-2/t24-,25-;;/m0../s1. The van der Waals surface area contributed by atoms with E-state index in [-0.39, 0.29) is 48.0 Å². The highest BCUT2D eigenvalue weighted by Gasteiger charge is 2.39. The first kappa shape index (κ1) is 32.2. The molecule has 0 amide bonds. The Hall–Kier alpha value is -0.980. The van der Waals surface area contributed by atoms with Crippen LogP contribution in [0.2, 0.25) is 0 Å². The molecule has 0 bridgehead atoms. The minimum Gasteiger partial charge on any atom is -1.00 e. The molecule has 37 heavy (non-hydrogen) atoms. The molecular formula is C29H44I2N2O4. The van der Waals surface area contributed by atoms with E-state index in [2.05, 4.69) is 52.5 Å². The molecule has 2 atom stereocenters. The summed E-state index contributed by atoms with van der Waals surface area (Å²) in [7, 11) is 16.4. The van der Waals surface area contributed by atoms with Crippen LogP contribution >= 0.6 is 0 Å². The van der Waals surface area contributed by atoms with Gasteiger partial charge in [-0.05, 0) is 41.8 Å². The van der Waals surface area contributed by atoms with Crippen molar-refractivity contribution in [1.29, 1.82) is 0 Å². The second kappa shape index (κ2) is 12.9. The van der Waals surface area contributed by atoms with Gasteiger partial charge in [-0.1, -0.05) is 0 Å². The maximum absolute atomic E-state index is 5.67. The lowest BCUT2D eigenvalue weighted by molar-refractivity contribution is -0.926. The van der Waals surface area contributed by atoms with Crippen molar-refractivity contribution in [2.75, 3.05) is 69.7 Å². The van der Waals surface area contributed by atoms with E-state index >= 15 is 0 Å². The number of likely N-dealkylation sites (N-methyl/N-ethyl adjacent to an activating group) is 2. The smallest absolute Gasteiger partial charge is 0.161 e. The third-order valence-corrected chi connectivity index (χ3v) is 8.57. The van der Waals surface area contributed by atoms with E-state index in [1.54, 1.807) is 28.4 Å². The van der Waals surface area contributed by atoms with E-state index in [0.29, 0.717) is 12.1 Å². The number of ether oxygens (including phenoxy) is 4. The highest BCUT2D eigenvalue weighted by Crippen LogP contribution is 2.45. The van der Waals surface area contributed by atoms with Crippen molar-refractivity contribution >= 4 is 0 Å². The van der Waals surface area contributed by atoms with Crippen LogP contribution < -0.4 is 66.9 Å². The monoisotopic (exact) mass is 738 g/mol. The maximum Gasteiger partial charge on any atom is 0.161 e. The summed E-state index contributed by atoms with van der Waals surface area (Å²) in [6, 6.07) is 9.73. The van der Waals surface area contributed by atoms with Crippen LogP contribution in [0.15, 0.2) is 24.3 Å². The van der Waals surface area contributed by atoms with Crippen LogP contribution in [0, 0.1) is 0 Å². The molecule has 0 aliphatic carbocycles. The summed E-state index contributed by atoms with van der Waals surface area (Å²) in [5, 5.41) is 0. The lowest BCUT2D eigenvalue weighted by atomic mass is 9.84. The molecule has 0 unspecified atom stereocenters. The van der Waals surface area contributed by atoms with Gasteiger partial charge in [0, 0.05) is 36.8 Å². The number of hydrogen-bond acceptors (Lipinski definition) is 4. The predicted molar refractivity (Wildman–Crippen MR) is 140 cm³/mol. The molecule has 208 valence electrons. The number of rotatable bonds is 8. The molecule has 2 heterocycles. The van der Waals surface area contributed by atoms with Crippen molar-refractivity contribution < 1.29 is 75.9 Å². The van der Waals surface area contributed by atoms with Crippen LogP contribution in [0.4, 0.5) is 0 Å². The first-order valence-corrected chi connectivity index (χ1v) is 12.8. The van der Waals surface area contributed by atoms with Crippen LogP contribution in [0.25, 0.3) is 0 Å². The number of halogens is 2. The second-order valence-electron chi connectivity index (χ2n) is 11.3. The highest BCUT2D eigenvalue weighted by atomic mass is 127. The molecule has 0 spiro atoms. The van der Waals surface area contributed by atoms with Crippen LogP contribution in [-0.4, -0.2) is 78.7 Å². The van der Waals surface area contributed by atoms with Crippen molar-refractivity contribution in [2.45, 2.75) is 44.2 Å². The number of quaternary nitrogens is 2. The van der Waals surface area contributed by atoms with E-state index in [4.69, 9.17) is 18.9 Å². The molecule has 0 fully saturated rings. The SMILES string of the molecule is COc1cc2c(cc1OC)[C@H](CCC[C@H]1c3cc(OC)c(OC)cc3CC[N+]1(C)C)[N+](C)(C)CC2.[I-].[I-]. The van der Waals surface area contributed by atoms with E-state index in [1.165, 1.54) is 28.7 Å². The Bertz CT molecular complexity index is 991. The molecule has 0 N–H and O–H groups in total. The number of hydrogen-bond donors (Lipinski definition) is 0. The van der Waals surface area contributed by atoms with Crippen molar-refractivity contribution in [3.05, 3.63) is 46.5 Å². The summed E-state index contributed by atoms with van der Waals surface area (Å²) < 4.78 is 24.5. The molecule has 4 rings (SSSR count). The Labute approximate surface area is 257 Å². The van der Waals surface area contributed by atoms with E-state index in [0.717, 1.165) is 70.7 Å². The number of methoxy groups -OCH3 is 4. The summed E-state index contributed by atoms with van der Waals surface area (Å²) in [6.45, 7) is 2.27. The molecule has 6 nitrogen and oxygen atoms in total. The molecule has 2 aromatic rings. The van der Waals surface area contributed by atoms with Gasteiger partial charge >= 0.3 is 0 Å². The Morgan fingerprint density at radius 2 is 0.919 bits per heavy atom. The average molecular weight is 738 g/mol. The van der Waals surface area contributed by atoms with Crippen LogP contribution in [0.1, 0.15) is 53.6 Å². The first-order chi connectivity index (χ1) is 16.6. The Morgan fingerprint density at radius 1 is 0.595 bits per heavy atom. The van der Waals surface area contributed by atoms with Crippen molar-refractivity contribution in [3.63, 3.8) is 0 Å². The molecule has 0 saturated carbocycles. The molecule has 0 saturated heterocycles. The van der Waals surface area contributed by atoms with Crippen LogP contribution in [-0.2, 0) is 12.8 Å². The van der Waals surface area contributed by atoms with Crippen LogP contribution in [0.3, 0.4) is 0 Å². The Balaban J connectivity index is 0.00000241. The molecule has 8 heteroatoms. The van der Waals surface area contributed by atoms with Crippen molar-refractivity contribution in [1.82, 2.24) is 0 Å². The van der Waals surface area contributed by atoms with Crippen molar-refractivity contribution in [2.24, 2.45) is 0 Å². The number of benzene rings is 2. The number of fused-ring (bicyclic) bond motifs is 2. The van der Waals surface area contributed by atoms with Gasteiger partial charge in [-0.3, -0.25) is 0 Å². The van der Waals surface area contributed by atoms with Gasteiger partial charge in [0.25, 0.3) is 0 Å². The van der Waals surface area contributed by atoms with E-state index in [9.17, 15) is 0 Å². The molecule has 2 aliphatic rings. The Kier molecular flexibility index (Phi) is 11.3. The van der Waals surface area contributed by atoms with Crippen molar-refractivity contribution in [3.8, 4) is 23.0 Å². The minimum atomic E-state index is 0. The molecule has 0 aromatic heterocycles. The first-order valence-electron chi connectivity index (χ1n) is 12.8. The topological polar surface area (TPSA) is 36.9 Å². The predicted octanol–water partition coefficient (Wildman–Crippen LogP) is -1.05. The second-order valence-corrected chi connectivity index (χ2v) is 11.3. The molecule has 2 aromatic carbocycles. The Morgan fingerprint density at radius 3 is 1.24 bits per heavy atom. The van der Waals surface area contributed by atoms with Gasteiger partial charge in [-0.25, -0.2) is 0 Å². The largest absolute Gasteiger partial charge is 1.00 e. The maximum atomic E-state index is 5.67. The fourth-order valence-corrected chi connectivity index (χ4v) is 6.32. The molecule has 0 radical (unpaired) electrons. The van der Waals surface area contributed by atoms with Gasteiger partial charge in [0.1, 0.15) is 12.1 Å².